The van der Waals surface area contributed by atoms with Crippen molar-refractivity contribution in [3.63, 3.8) is 0 Å². The lowest BCUT2D eigenvalue weighted by atomic mass is 10.0. The quantitative estimate of drug-likeness (QED) is 0.769. The predicted molar refractivity (Wildman–Crippen MR) is 79.3 cm³/mol. The highest BCUT2D eigenvalue weighted by Gasteiger charge is 2.28. The first-order chi connectivity index (χ1) is 9.54. The molecule has 1 saturated carbocycles. The number of phenols is 1. The normalized spacial score (nSPS) is 23.5. The number of phenolic OH excluding ortho intramolecular Hbond substituents is 1. The zero-order chi connectivity index (χ0) is 14.5. The Balaban J connectivity index is 1.73. The van der Waals surface area contributed by atoms with Crippen LogP contribution in [0.3, 0.4) is 0 Å². The summed E-state index contributed by atoms with van der Waals surface area (Å²) in [6.07, 6.45) is 4.48. The van der Waals surface area contributed by atoms with Gasteiger partial charge in [-0.3, -0.25) is 4.79 Å². The first kappa shape index (κ1) is 14.9. The van der Waals surface area contributed by atoms with E-state index < -0.39 is 0 Å². The first-order valence-electron chi connectivity index (χ1n) is 7.38. The van der Waals surface area contributed by atoms with Gasteiger partial charge in [0.05, 0.1) is 0 Å². The van der Waals surface area contributed by atoms with E-state index in [0.717, 1.165) is 32.1 Å². The largest absolute Gasteiger partial charge is 0.508 e. The smallest absolute Gasteiger partial charge is 0.223 e. The second-order valence-corrected chi connectivity index (χ2v) is 5.88. The van der Waals surface area contributed by atoms with Gasteiger partial charge in [0.25, 0.3) is 0 Å². The van der Waals surface area contributed by atoms with E-state index in [0.29, 0.717) is 0 Å². The lowest BCUT2D eigenvalue weighted by molar-refractivity contribution is -0.125. The van der Waals surface area contributed by atoms with Crippen molar-refractivity contribution in [3.05, 3.63) is 29.8 Å². The summed E-state index contributed by atoms with van der Waals surface area (Å²) in [5.74, 6) is 0.532. The van der Waals surface area contributed by atoms with Crippen molar-refractivity contribution in [2.75, 3.05) is 0 Å². The Morgan fingerprint density at radius 2 is 2.10 bits per heavy atom. The lowest BCUT2D eigenvalue weighted by Gasteiger charge is -2.17. The zero-order valence-corrected chi connectivity index (χ0v) is 12.0. The number of carbonyl (C=O) groups excluding carboxylic acids is 1. The van der Waals surface area contributed by atoms with E-state index in [1.807, 2.05) is 19.1 Å². The molecule has 0 bridgehead atoms. The highest BCUT2D eigenvalue weighted by molar-refractivity contribution is 5.79. The number of rotatable bonds is 5. The predicted octanol–water partition coefficient (Wildman–Crippen LogP) is 1.96. The summed E-state index contributed by atoms with van der Waals surface area (Å²) in [7, 11) is 0. The molecule has 4 nitrogen and oxygen atoms in total. The van der Waals surface area contributed by atoms with Crippen LogP contribution in [0.15, 0.2) is 24.3 Å². The number of nitrogens with one attached hydrogen (secondary N) is 1. The Bertz CT molecular complexity index is 444. The molecular weight excluding hydrogens is 252 g/mol. The SMILES string of the molecule is CC(CCc1ccc(O)cc1)NC(=O)C1CCC(N)C1. The maximum atomic E-state index is 12.1. The maximum absolute atomic E-state index is 12.1. The second-order valence-electron chi connectivity index (χ2n) is 5.88. The Labute approximate surface area is 120 Å². The number of nitrogens with two attached hydrogens (primary N) is 1. The van der Waals surface area contributed by atoms with E-state index >= 15 is 0 Å². The van der Waals surface area contributed by atoms with Gasteiger partial charge in [-0.25, -0.2) is 0 Å². The van der Waals surface area contributed by atoms with Gasteiger partial charge >= 0.3 is 0 Å². The molecule has 3 unspecified atom stereocenters. The molecule has 1 aromatic carbocycles. The summed E-state index contributed by atoms with van der Waals surface area (Å²) >= 11 is 0. The third-order valence-electron chi connectivity index (χ3n) is 4.04. The van der Waals surface area contributed by atoms with Crippen LogP contribution in [0.25, 0.3) is 0 Å². The monoisotopic (exact) mass is 276 g/mol. The van der Waals surface area contributed by atoms with Crippen LogP contribution < -0.4 is 11.1 Å². The molecule has 1 aliphatic carbocycles. The molecule has 0 spiro atoms. The summed E-state index contributed by atoms with van der Waals surface area (Å²) in [6.45, 7) is 2.03. The van der Waals surface area contributed by atoms with Gasteiger partial charge in [0.2, 0.25) is 5.91 Å². The van der Waals surface area contributed by atoms with Gasteiger partial charge in [0.15, 0.2) is 0 Å². The van der Waals surface area contributed by atoms with Crippen molar-refractivity contribution >= 4 is 5.91 Å². The van der Waals surface area contributed by atoms with Gasteiger partial charge in [-0.2, -0.15) is 0 Å². The molecule has 0 saturated heterocycles. The summed E-state index contributed by atoms with van der Waals surface area (Å²) in [5, 5.41) is 12.3. The van der Waals surface area contributed by atoms with Gasteiger partial charge in [0.1, 0.15) is 5.75 Å². The molecule has 3 atom stereocenters. The van der Waals surface area contributed by atoms with Crippen LogP contribution >= 0.6 is 0 Å². The van der Waals surface area contributed by atoms with Gasteiger partial charge in [0, 0.05) is 18.0 Å². The van der Waals surface area contributed by atoms with E-state index in [-0.39, 0.29) is 29.7 Å². The van der Waals surface area contributed by atoms with Crippen molar-refractivity contribution in [2.24, 2.45) is 11.7 Å². The van der Waals surface area contributed by atoms with Gasteiger partial charge < -0.3 is 16.2 Å². The van der Waals surface area contributed by atoms with Crippen molar-refractivity contribution in [1.29, 1.82) is 0 Å². The number of benzene rings is 1. The van der Waals surface area contributed by atoms with Gasteiger partial charge in [-0.1, -0.05) is 12.1 Å². The number of aryl methyl sites for hydroxylation is 1. The molecular formula is C16H24N2O2. The summed E-state index contributed by atoms with van der Waals surface area (Å²) < 4.78 is 0. The molecule has 20 heavy (non-hydrogen) atoms. The van der Waals surface area contributed by atoms with E-state index in [1.165, 1.54) is 5.56 Å². The molecule has 1 aromatic rings. The number of hydrogen-bond acceptors (Lipinski definition) is 3. The summed E-state index contributed by atoms with van der Waals surface area (Å²) in [5.41, 5.74) is 7.01. The van der Waals surface area contributed by atoms with Crippen molar-refractivity contribution in [3.8, 4) is 5.75 Å². The molecule has 0 heterocycles. The van der Waals surface area contributed by atoms with Crippen LogP contribution in [0.2, 0.25) is 0 Å². The van der Waals surface area contributed by atoms with Crippen LogP contribution in [0.5, 0.6) is 5.75 Å². The van der Waals surface area contributed by atoms with Crippen LogP contribution in [0.1, 0.15) is 38.2 Å². The Morgan fingerprint density at radius 3 is 2.70 bits per heavy atom. The molecule has 4 N–H and O–H groups in total. The topological polar surface area (TPSA) is 75.3 Å². The average Bonchev–Trinajstić information content (AvgIpc) is 2.85. The summed E-state index contributed by atoms with van der Waals surface area (Å²) in [4.78, 5) is 12.1. The van der Waals surface area contributed by atoms with Gasteiger partial charge in [-0.05, 0) is 56.7 Å². The molecule has 2 rings (SSSR count). The minimum atomic E-state index is 0.0983. The van der Waals surface area contributed by atoms with Crippen molar-refractivity contribution < 1.29 is 9.90 Å². The molecule has 0 radical (unpaired) electrons. The van der Waals surface area contributed by atoms with Crippen LogP contribution in [-0.2, 0) is 11.2 Å². The highest BCUT2D eigenvalue weighted by atomic mass is 16.3. The molecule has 1 aliphatic rings. The second kappa shape index (κ2) is 6.75. The molecule has 0 aromatic heterocycles. The molecule has 0 aliphatic heterocycles. The highest BCUT2D eigenvalue weighted by Crippen LogP contribution is 2.24. The number of carbonyl (C=O) groups is 1. The fourth-order valence-electron chi connectivity index (χ4n) is 2.73. The van der Waals surface area contributed by atoms with Crippen LogP contribution in [0, 0.1) is 5.92 Å². The fourth-order valence-corrected chi connectivity index (χ4v) is 2.73. The average molecular weight is 276 g/mol. The minimum absolute atomic E-state index is 0.0983. The lowest BCUT2D eigenvalue weighted by Crippen LogP contribution is -2.37. The Kier molecular flexibility index (Phi) is 5.01. The Hall–Kier alpha value is -1.55. The minimum Gasteiger partial charge on any atom is -0.508 e. The molecule has 110 valence electrons. The third kappa shape index (κ3) is 4.23. The van der Waals surface area contributed by atoms with Gasteiger partial charge in [-0.15, -0.1) is 0 Å². The van der Waals surface area contributed by atoms with Crippen molar-refractivity contribution in [2.45, 2.75) is 51.1 Å². The van der Waals surface area contributed by atoms with E-state index in [2.05, 4.69) is 5.32 Å². The van der Waals surface area contributed by atoms with Crippen LogP contribution in [-0.4, -0.2) is 23.1 Å². The standard InChI is InChI=1S/C16H24N2O2/c1-11(2-3-12-4-8-15(19)9-5-12)18-16(20)13-6-7-14(17)10-13/h4-5,8-9,11,13-14,19H,2-3,6-7,10,17H2,1H3,(H,18,20). The van der Waals surface area contributed by atoms with Crippen molar-refractivity contribution in [1.82, 2.24) is 5.32 Å². The van der Waals surface area contributed by atoms with E-state index in [1.54, 1.807) is 12.1 Å². The fraction of sp³-hybridized carbons (Fsp3) is 0.562. The maximum Gasteiger partial charge on any atom is 0.223 e. The van der Waals surface area contributed by atoms with E-state index in [4.69, 9.17) is 5.73 Å². The van der Waals surface area contributed by atoms with E-state index in [9.17, 15) is 9.90 Å². The number of hydrogen-bond donors (Lipinski definition) is 3. The molecule has 1 amide bonds. The number of aromatic hydroxyl groups is 1. The third-order valence-corrected chi connectivity index (χ3v) is 4.04. The molecule has 4 heteroatoms. The number of amides is 1. The molecule has 1 fully saturated rings. The summed E-state index contributed by atoms with van der Waals surface area (Å²) in [6, 6.07) is 7.57. The van der Waals surface area contributed by atoms with Crippen LogP contribution in [0.4, 0.5) is 0 Å². The Morgan fingerprint density at radius 1 is 1.40 bits per heavy atom. The zero-order valence-electron chi connectivity index (χ0n) is 12.0. The first-order valence-corrected chi connectivity index (χ1v) is 7.38.